The van der Waals surface area contributed by atoms with E-state index in [9.17, 15) is 67.1 Å². The molecule has 406 valence electrons. The Morgan fingerprint density at radius 3 is 1.91 bits per heavy atom. The Balaban J connectivity index is 1.41. The number of benzene rings is 1. The summed E-state index contributed by atoms with van der Waals surface area (Å²) in [6, 6.07) is 4.82. The van der Waals surface area contributed by atoms with Gasteiger partial charge in [-0.1, -0.05) is 33.7 Å². The van der Waals surface area contributed by atoms with Crippen LogP contribution >= 0.6 is 33.3 Å². The van der Waals surface area contributed by atoms with E-state index in [0.717, 1.165) is 43.0 Å². The van der Waals surface area contributed by atoms with Gasteiger partial charge in [-0.05, 0) is 51.8 Å². The number of nitrogens with zero attached hydrogens (tertiary/aromatic N) is 1. The molecular formula is C47H63N7O17S3. The summed E-state index contributed by atoms with van der Waals surface area (Å²) in [7, 11) is 3.97. The normalized spacial score (nSPS) is 15.0. The van der Waals surface area contributed by atoms with E-state index in [1.54, 1.807) is 24.3 Å². The van der Waals surface area contributed by atoms with Crippen molar-refractivity contribution >= 4 is 121 Å². The standard InChI is InChI=1S/C47H63N7O17S3/c1-28(55)46(29(2)56,30(3)57)44(67)34(25-51-41(64)26-71-27-42(65)52-33-9-6-32(7-10-33)8-11-38(61)49-16-12-37(60)48-5)53-40(63)15-23-72-35-24-43(66)54(45(35)68)18-13-39(62)50-17-20-70-22-21-69-19-14-36(59)47(31(4)58)73-74-47/h6-7,9-10,34-35H,8,11-27H2,1-5H3,(H,48,60)(H,49,61)(H,50,62)(H,51,64)(H,52,65)(H,53,63)/t34-,35?/m1/s1. The van der Waals surface area contributed by atoms with Gasteiger partial charge in [0.05, 0.1) is 31.7 Å². The lowest BCUT2D eigenvalue weighted by atomic mass is 9.71. The Hall–Kier alpha value is -5.87. The highest BCUT2D eigenvalue weighted by atomic mass is 33.2. The van der Waals surface area contributed by atoms with Crippen LogP contribution in [-0.2, 0) is 87.8 Å². The molecule has 1 unspecified atom stereocenters. The predicted molar refractivity (Wildman–Crippen MR) is 270 cm³/mol. The lowest BCUT2D eigenvalue weighted by Crippen LogP contribution is -2.60. The molecule has 1 aromatic carbocycles. The Labute approximate surface area is 439 Å². The van der Waals surface area contributed by atoms with Gasteiger partial charge >= 0.3 is 0 Å². The number of aryl methyl sites for hydroxylation is 1. The molecule has 1 aromatic rings. The SMILES string of the molecule is CNC(=O)CCNC(=O)CCc1ccc(NC(=O)COCC(=O)NC[C@@H](NC(=O)CCSC2CC(=O)N(CCC(=O)NCCOCCOCCC(=O)C3(C(C)=O)SS3)C2=O)C(=O)C(C(C)=O)(C(C)=O)C(C)=O)cc1. The van der Waals surface area contributed by atoms with Crippen LogP contribution in [0.3, 0.4) is 0 Å². The molecule has 0 radical (unpaired) electrons. The van der Waals surface area contributed by atoms with Crippen molar-refractivity contribution in [2.24, 2.45) is 5.41 Å². The van der Waals surface area contributed by atoms with Crippen LogP contribution in [-0.4, -0.2) is 181 Å². The first-order valence-corrected chi connectivity index (χ1v) is 26.6. The van der Waals surface area contributed by atoms with Gasteiger partial charge < -0.3 is 46.1 Å². The molecule has 27 heteroatoms. The molecule has 2 atom stereocenters. The molecule has 2 fully saturated rings. The fourth-order valence-electron chi connectivity index (χ4n) is 7.22. The smallest absolute Gasteiger partial charge is 0.250 e. The molecule has 0 bridgehead atoms. The molecule has 3 rings (SSSR count). The average Bonchev–Trinajstić information content (AvgIpc) is 4.12. The number of amides is 8. The Bertz CT molecular complexity index is 2260. The minimum Gasteiger partial charge on any atom is -0.379 e. The highest BCUT2D eigenvalue weighted by Gasteiger charge is 2.57. The van der Waals surface area contributed by atoms with Crippen molar-refractivity contribution in [3.05, 3.63) is 29.8 Å². The summed E-state index contributed by atoms with van der Waals surface area (Å²) in [4.78, 5) is 177. The zero-order valence-electron chi connectivity index (χ0n) is 41.8. The van der Waals surface area contributed by atoms with Crippen LogP contribution < -0.4 is 31.9 Å². The van der Waals surface area contributed by atoms with Gasteiger partial charge in [0.1, 0.15) is 19.3 Å². The molecule has 0 aromatic heterocycles. The summed E-state index contributed by atoms with van der Waals surface area (Å²) in [5.74, 6) is -9.36. The number of thioether (sulfide) groups is 1. The first kappa shape index (κ1) is 62.4. The molecular weight excluding hydrogens is 1030 g/mol. The predicted octanol–water partition coefficient (Wildman–Crippen LogP) is -0.820. The third-order valence-electron chi connectivity index (χ3n) is 11.3. The average molecular weight is 1090 g/mol. The van der Waals surface area contributed by atoms with E-state index < -0.39 is 99.1 Å². The molecule has 2 heterocycles. The number of imide groups is 1. The number of ether oxygens (including phenoxy) is 3. The van der Waals surface area contributed by atoms with Crippen molar-refractivity contribution in [3.63, 3.8) is 0 Å². The molecule has 24 nitrogen and oxygen atoms in total. The van der Waals surface area contributed by atoms with E-state index in [1.807, 2.05) is 0 Å². The van der Waals surface area contributed by atoms with Gasteiger partial charge in [-0.3, -0.25) is 72.0 Å². The van der Waals surface area contributed by atoms with E-state index in [2.05, 4.69) is 31.9 Å². The zero-order chi connectivity index (χ0) is 55.0. The van der Waals surface area contributed by atoms with Crippen molar-refractivity contribution in [2.75, 3.05) is 83.9 Å². The number of hydrogen-bond acceptors (Lipinski definition) is 20. The molecule has 0 saturated carbocycles. The Morgan fingerprint density at radius 1 is 0.689 bits per heavy atom. The second kappa shape index (κ2) is 31.1. The minimum atomic E-state index is -2.80. The van der Waals surface area contributed by atoms with E-state index in [0.29, 0.717) is 12.1 Å². The summed E-state index contributed by atoms with van der Waals surface area (Å²) in [6.07, 6.45) is 0.0977. The van der Waals surface area contributed by atoms with Gasteiger partial charge in [-0.25, -0.2) is 0 Å². The van der Waals surface area contributed by atoms with Crippen molar-refractivity contribution in [2.45, 2.75) is 88.0 Å². The van der Waals surface area contributed by atoms with Gasteiger partial charge in [0.15, 0.2) is 38.8 Å². The van der Waals surface area contributed by atoms with Gasteiger partial charge in [0, 0.05) is 83.2 Å². The summed E-state index contributed by atoms with van der Waals surface area (Å²) >= 11 is 0.966. The highest BCUT2D eigenvalue weighted by molar-refractivity contribution is 8.94. The van der Waals surface area contributed by atoms with Crippen LogP contribution in [0.5, 0.6) is 0 Å². The second-order valence-electron chi connectivity index (χ2n) is 16.8. The third kappa shape index (κ3) is 19.4. The summed E-state index contributed by atoms with van der Waals surface area (Å²) in [5, 5.41) is 14.1. The number of hydrogen-bond donors (Lipinski definition) is 6. The van der Waals surface area contributed by atoms with Crippen molar-refractivity contribution in [3.8, 4) is 0 Å². The molecule has 0 spiro atoms. The Kier molecular flexibility index (Phi) is 26.3. The van der Waals surface area contributed by atoms with Gasteiger partial charge in [-0.15, -0.1) is 11.8 Å². The monoisotopic (exact) mass is 1090 g/mol. The quantitative estimate of drug-likeness (QED) is 0.0156. The van der Waals surface area contributed by atoms with Crippen LogP contribution in [0.25, 0.3) is 0 Å². The Morgan fingerprint density at radius 2 is 1.30 bits per heavy atom. The number of nitrogens with one attached hydrogen (secondary N) is 6. The maximum atomic E-state index is 13.9. The van der Waals surface area contributed by atoms with Crippen LogP contribution in [0, 0.1) is 5.41 Å². The molecule has 2 aliphatic rings. The fourth-order valence-corrected chi connectivity index (χ4v) is 10.6. The molecule has 6 N–H and O–H groups in total. The number of Topliss-reactive ketones (excluding diaryl/α,β-unsaturated/α-hetero) is 6. The zero-order valence-corrected chi connectivity index (χ0v) is 44.3. The molecule has 2 saturated heterocycles. The van der Waals surface area contributed by atoms with E-state index in [1.165, 1.54) is 35.6 Å². The number of carbonyl (C=O) groups excluding carboxylic acids is 14. The second-order valence-corrected chi connectivity index (χ2v) is 20.9. The van der Waals surface area contributed by atoms with E-state index in [-0.39, 0.29) is 114 Å². The van der Waals surface area contributed by atoms with Gasteiger partial charge in [0.2, 0.25) is 52.7 Å². The van der Waals surface area contributed by atoms with Crippen molar-refractivity contribution < 1.29 is 81.3 Å². The molecule has 0 aliphatic carbocycles. The lowest BCUT2D eigenvalue weighted by molar-refractivity contribution is -0.155. The maximum absolute atomic E-state index is 13.9. The maximum Gasteiger partial charge on any atom is 0.250 e. The van der Waals surface area contributed by atoms with Crippen molar-refractivity contribution in [1.29, 1.82) is 0 Å². The third-order valence-corrected chi connectivity index (χ3v) is 15.6. The summed E-state index contributed by atoms with van der Waals surface area (Å²) in [6.45, 7) is 2.80. The van der Waals surface area contributed by atoms with E-state index in [4.69, 9.17) is 14.2 Å². The van der Waals surface area contributed by atoms with Crippen LogP contribution in [0.1, 0.15) is 71.8 Å². The topological polar surface area (TPSA) is 342 Å². The number of anilines is 1. The van der Waals surface area contributed by atoms with E-state index >= 15 is 0 Å². The number of likely N-dealkylation sites (tertiary alicyclic amines) is 1. The lowest BCUT2D eigenvalue weighted by Gasteiger charge is -2.29. The van der Waals surface area contributed by atoms with Crippen LogP contribution in [0.4, 0.5) is 5.69 Å². The molecule has 8 amide bonds. The fraction of sp³-hybridized carbons (Fsp3) is 0.574. The number of rotatable bonds is 37. The van der Waals surface area contributed by atoms with Gasteiger partial charge in [0.25, 0.3) is 0 Å². The number of carbonyl (C=O) groups is 14. The van der Waals surface area contributed by atoms with Crippen molar-refractivity contribution in [1.82, 2.24) is 31.5 Å². The first-order chi connectivity index (χ1) is 35.1. The van der Waals surface area contributed by atoms with Crippen LogP contribution in [0.2, 0.25) is 0 Å². The largest absolute Gasteiger partial charge is 0.379 e. The highest BCUT2D eigenvalue weighted by Crippen LogP contribution is 2.66. The first-order valence-electron chi connectivity index (χ1n) is 23.4. The summed E-state index contributed by atoms with van der Waals surface area (Å²) in [5.41, 5.74) is -1.59. The van der Waals surface area contributed by atoms with Crippen LogP contribution in [0.15, 0.2) is 24.3 Å². The molecule has 74 heavy (non-hydrogen) atoms. The number of ketones is 6. The molecule has 2 aliphatic heterocycles. The summed E-state index contributed by atoms with van der Waals surface area (Å²) < 4.78 is 15.0. The van der Waals surface area contributed by atoms with Gasteiger partial charge in [-0.2, -0.15) is 0 Å². The minimum absolute atomic E-state index is 0.0579.